The number of hydrogen-bond donors (Lipinski definition) is 1. The summed E-state index contributed by atoms with van der Waals surface area (Å²) in [6, 6.07) is 10.4. The summed E-state index contributed by atoms with van der Waals surface area (Å²) in [4.78, 5) is 24.7. The number of hydrogen-bond acceptors (Lipinski definition) is 6. The van der Waals surface area contributed by atoms with Gasteiger partial charge in [0.2, 0.25) is 5.91 Å². The number of thioether (sulfide) groups is 1. The summed E-state index contributed by atoms with van der Waals surface area (Å²) in [6.07, 6.45) is 0. The molecule has 0 aliphatic carbocycles. The van der Waals surface area contributed by atoms with E-state index in [2.05, 4.69) is 15.5 Å². The van der Waals surface area contributed by atoms with Crippen molar-refractivity contribution in [3.8, 4) is 17.0 Å². The molecule has 3 heterocycles. The van der Waals surface area contributed by atoms with E-state index in [1.165, 1.54) is 6.07 Å². The molecule has 0 spiro atoms. The number of aryl methyl sites for hydroxylation is 1. The summed E-state index contributed by atoms with van der Waals surface area (Å²) >= 11 is 1.76. The molecule has 1 aliphatic rings. The quantitative estimate of drug-likeness (QED) is 0.708. The summed E-state index contributed by atoms with van der Waals surface area (Å²) in [5, 5.41) is 11.6. The third-order valence-corrected chi connectivity index (χ3v) is 5.47. The van der Waals surface area contributed by atoms with E-state index in [0.29, 0.717) is 17.3 Å². The number of rotatable bonds is 5. The maximum Gasteiger partial charge on any atom is 0.267 e. The van der Waals surface area contributed by atoms with Crippen molar-refractivity contribution in [2.24, 2.45) is 7.05 Å². The predicted octanol–water partition coefficient (Wildman–Crippen LogP) is 2.04. The Morgan fingerprint density at radius 2 is 2.11 bits per heavy atom. The lowest BCUT2D eigenvalue weighted by Crippen LogP contribution is -2.30. The van der Waals surface area contributed by atoms with E-state index in [1.54, 1.807) is 36.7 Å². The fourth-order valence-electron chi connectivity index (χ4n) is 3.10. The second-order valence-corrected chi connectivity index (χ2v) is 7.37. The van der Waals surface area contributed by atoms with Gasteiger partial charge in [-0.25, -0.2) is 4.68 Å². The molecule has 1 amide bonds. The molecule has 3 aromatic rings. The van der Waals surface area contributed by atoms with Crippen molar-refractivity contribution in [2.45, 2.75) is 18.1 Å². The zero-order chi connectivity index (χ0) is 19.7. The summed E-state index contributed by atoms with van der Waals surface area (Å²) in [7, 11) is 3.39. The Kier molecular flexibility index (Phi) is 4.91. The molecule has 0 radical (unpaired) electrons. The Labute approximate surface area is 165 Å². The first-order chi connectivity index (χ1) is 13.5. The Bertz CT molecular complexity index is 1110. The minimum atomic E-state index is -0.340. The van der Waals surface area contributed by atoms with Crippen molar-refractivity contribution >= 4 is 23.5 Å². The van der Waals surface area contributed by atoms with Crippen LogP contribution in [0.1, 0.15) is 11.3 Å². The van der Waals surface area contributed by atoms with Crippen LogP contribution >= 0.6 is 11.8 Å². The van der Waals surface area contributed by atoms with E-state index in [9.17, 15) is 9.59 Å². The van der Waals surface area contributed by atoms with Crippen molar-refractivity contribution in [3.05, 3.63) is 58.0 Å². The van der Waals surface area contributed by atoms with E-state index >= 15 is 0 Å². The summed E-state index contributed by atoms with van der Waals surface area (Å²) in [5.74, 6) is 2.73. The van der Waals surface area contributed by atoms with Crippen LogP contribution in [-0.4, -0.2) is 32.6 Å². The predicted molar refractivity (Wildman–Crippen MR) is 107 cm³/mol. The van der Waals surface area contributed by atoms with Crippen LogP contribution in [0.2, 0.25) is 0 Å². The first-order valence-corrected chi connectivity index (χ1v) is 9.85. The molecule has 0 unspecified atom stereocenters. The van der Waals surface area contributed by atoms with E-state index < -0.39 is 0 Å². The number of anilines is 1. The molecule has 28 heavy (non-hydrogen) atoms. The lowest BCUT2D eigenvalue weighted by Gasteiger charge is -2.10. The Hall–Kier alpha value is -3.07. The van der Waals surface area contributed by atoms with Crippen LogP contribution in [0.4, 0.5) is 5.82 Å². The normalized spacial score (nSPS) is 12.6. The molecule has 4 rings (SSSR count). The number of carbonyl (C=O) groups excluding carboxylic acids is 1. The number of ether oxygens (including phenoxy) is 1. The van der Waals surface area contributed by atoms with Crippen LogP contribution in [-0.2, 0) is 29.9 Å². The molecule has 0 saturated carbocycles. The number of nitrogens with zero attached hydrogens (tertiary/aromatic N) is 4. The molecule has 144 valence electrons. The van der Waals surface area contributed by atoms with Gasteiger partial charge in [0.15, 0.2) is 0 Å². The fourth-order valence-corrected chi connectivity index (χ4v) is 4.14. The van der Waals surface area contributed by atoms with Gasteiger partial charge in [0.25, 0.3) is 5.56 Å². The van der Waals surface area contributed by atoms with Crippen LogP contribution in [0, 0.1) is 0 Å². The molecule has 1 aliphatic heterocycles. The summed E-state index contributed by atoms with van der Waals surface area (Å²) < 4.78 is 8.06. The monoisotopic (exact) mass is 397 g/mol. The van der Waals surface area contributed by atoms with Crippen molar-refractivity contribution in [1.82, 2.24) is 19.6 Å². The molecule has 1 N–H and O–H groups in total. The average molecular weight is 397 g/mol. The van der Waals surface area contributed by atoms with E-state index in [1.807, 2.05) is 24.3 Å². The molecular formula is C19H19N5O3S. The van der Waals surface area contributed by atoms with Gasteiger partial charge in [-0.15, -0.1) is 0 Å². The highest BCUT2D eigenvalue weighted by molar-refractivity contribution is 7.98. The van der Waals surface area contributed by atoms with Crippen LogP contribution in [0.5, 0.6) is 5.75 Å². The topological polar surface area (TPSA) is 91.0 Å². The van der Waals surface area contributed by atoms with E-state index in [-0.39, 0.29) is 18.0 Å². The van der Waals surface area contributed by atoms with Gasteiger partial charge in [-0.2, -0.15) is 22.0 Å². The molecule has 8 nitrogen and oxygen atoms in total. The summed E-state index contributed by atoms with van der Waals surface area (Å²) in [5.41, 5.74) is 3.09. The third-order valence-electron chi connectivity index (χ3n) is 4.50. The molecule has 0 atom stereocenters. The number of amides is 1. The van der Waals surface area contributed by atoms with Gasteiger partial charge in [-0.1, -0.05) is 12.1 Å². The van der Waals surface area contributed by atoms with Crippen molar-refractivity contribution in [3.63, 3.8) is 0 Å². The first kappa shape index (κ1) is 18.3. The largest absolute Gasteiger partial charge is 0.497 e. The maximum atomic E-state index is 12.6. The molecule has 0 saturated heterocycles. The third kappa shape index (κ3) is 3.53. The van der Waals surface area contributed by atoms with Crippen molar-refractivity contribution < 1.29 is 9.53 Å². The van der Waals surface area contributed by atoms with Gasteiger partial charge in [0, 0.05) is 35.7 Å². The standard InChI is InChI=1S/C19H19N5O3S/c1-23-19(14-10-28-11-16(14)21-23)20-17(25)9-24-18(26)7-6-15(22-24)12-4-3-5-13(8-12)27-2/h3-8H,9-11H2,1-2H3,(H,20,25). The average Bonchev–Trinajstić information content (AvgIpc) is 3.26. The van der Waals surface area contributed by atoms with Crippen LogP contribution in [0.3, 0.4) is 0 Å². The zero-order valence-corrected chi connectivity index (χ0v) is 16.3. The van der Waals surface area contributed by atoms with Crippen molar-refractivity contribution in [1.29, 1.82) is 0 Å². The lowest BCUT2D eigenvalue weighted by molar-refractivity contribution is -0.117. The molecule has 1 aromatic carbocycles. The number of benzene rings is 1. The zero-order valence-electron chi connectivity index (χ0n) is 15.5. The molecule has 0 bridgehead atoms. The molecular weight excluding hydrogens is 378 g/mol. The van der Waals surface area contributed by atoms with Gasteiger partial charge < -0.3 is 10.1 Å². The van der Waals surface area contributed by atoms with Gasteiger partial charge in [0.05, 0.1) is 18.5 Å². The summed E-state index contributed by atoms with van der Waals surface area (Å²) in [6.45, 7) is -0.177. The fraction of sp³-hybridized carbons (Fsp3) is 0.263. The smallest absolute Gasteiger partial charge is 0.267 e. The maximum absolute atomic E-state index is 12.6. The SMILES string of the molecule is COc1cccc(-c2ccc(=O)n(CC(=O)Nc3c4c(nn3C)CSC4)n2)c1. The Balaban J connectivity index is 1.56. The molecule has 2 aromatic heterocycles. The number of methoxy groups -OCH3 is 1. The second-order valence-electron chi connectivity index (χ2n) is 6.38. The Morgan fingerprint density at radius 1 is 1.25 bits per heavy atom. The number of carbonyl (C=O) groups is 1. The number of nitrogens with one attached hydrogen (secondary N) is 1. The van der Waals surface area contributed by atoms with Gasteiger partial charge in [-0.3, -0.25) is 14.3 Å². The second kappa shape index (κ2) is 7.51. The number of fused-ring (bicyclic) bond motifs is 1. The Morgan fingerprint density at radius 3 is 2.93 bits per heavy atom. The molecule has 0 fully saturated rings. The lowest BCUT2D eigenvalue weighted by atomic mass is 10.1. The minimum Gasteiger partial charge on any atom is -0.497 e. The highest BCUT2D eigenvalue weighted by Crippen LogP contribution is 2.34. The van der Waals surface area contributed by atoms with Gasteiger partial charge in [-0.05, 0) is 18.2 Å². The van der Waals surface area contributed by atoms with E-state index in [0.717, 1.165) is 33.0 Å². The van der Waals surface area contributed by atoms with Gasteiger partial charge >= 0.3 is 0 Å². The minimum absolute atomic E-state index is 0.177. The number of aromatic nitrogens is 4. The van der Waals surface area contributed by atoms with E-state index in [4.69, 9.17) is 4.74 Å². The highest BCUT2D eigenvalue weighted by Gasteiger charge is 2.22. The molecule has 9 heteroatoms. The highest BCUT2D eigenvalue weighted by atomic mass is 32.2. The first-order valence-electron chi connectivity index (χ1n) is 8.70. The van der Waals surface area contributed by atoms with Crippen molar-refractivity contribution in [2.75, 3.05) is 12.4 Å². The van der Waals surface area contributed by atoms with Crippen LogP contribution in [0.25, 0.3) is 11.3 Å². The van der Waals surface area contributed by atoms with Crippen LogP contribution in [0.15, 0.2) is 41.2 Å². The van der Waals surface area contributed by atoms with Crippen LogP contribution < -0.4 is 15.6 Å². The van der Waals surface area contributed by atoms with Gasteiger partial charge in [0.1, 0.15) is 18.1 Å².